The minimum absolute atomic E-state index is 0.0538. The van der Waals surface area contributed by atoms with Gasteiger partial charge in [-0.25, -0.2) is 0 Å². The largest absolute Gasteiger partial charge is 0.497 e. The molecule has 0 heterocycles. The molecule has 0 saturated heterocycles. The second kappa shape index (κ2) is 9.91. The Morgan fingerprint density at radius 2 is 1.56 bits per heavy atom. The Bertz CT molecular complexity index is 561. The van der Waals surface area contributed by atoms with Gasteiger partial charge in [-0.3, -0.25) is 9.59 Å². The zero-order valence-electron chi connectivity index (χ0n) is 16.1. The molecule has 0 radical (unpaired) electrons. The second-order valence-electron chi connectivity index (χ2n) is 6.27. The van der Waals surface area contributed by atoms with Crippen LogP contribution in [0.1, 0.15) is 44.5 Å². The summed E-state index contributed by atoms with van der Waals surface area (Å²) < 4.78 is 10.4. The van der Waals surface area contributed by atoms with Crippen LogP contribution in [0, 0.1) is 5.92 Å². The van der Waals surface area contributed by atoms with E-state index >= 15 is 0 Å². The summed E-state index contributed by atoms with van der Waals surface area (Å²) in [6.45, 7) is 9.16. The number of amides is 2. The van der Waals surface area contributed by atoms with Crippen molar-refractivity contribution in [1.82, 2.24) is 10.2 Å². The number of carbonyl (C=O) groups excluding carboxylic acids is 2. The SMILES string of the molecule is CCN(CC)C(=O)[C@@H](CC(C)C)NC(=O)c1cc(OC)cc(OC)c1. The van der Waals surface area contributed by atoms with Gasteiger partial charge in [0.1, 0.15) is 17.5 Å². The van der Waals surface area contributed by atoms with E-state index in [1.165, 1.54) is 14.2 Å². The number of benzene rings is 1. The monoisotopic (exact) mass is 350 g/mol. The third-order valence-electron chi connectivity index (χ3n) is 4.00. The Balaban J connectivity index is 3.03. The summed E-state index contributed by atoms with van der Waals surface area (Å²) in [6, 6.07) is 4.41. The van der Waals surface area contributed by atoms with Crippen LogP contribution in [0.3, 0.4) is 0 Å². The smallest absolute Gasteiger partial charge is 0.252 e. The van der Waals surface area contributed by atoms with Gasteiger partial charge in [0.05, 0.1) is 14.2 Å². The molecule has 0 unspecified atom stereocenters. The van der Waals surface area contributed by atoms with Crippen molar-refractivity contribution >= 4 is 11.8 Å². The van der Waals surface area contributed by atoms with Crippen molar-refractivity contribution in [3.63, 3.8) is 0 Å². The number of hydrogen-bond acceptors (Lipinski definition) is 4. The minimum Gasteiger partial charge on any atom is -0.497 e. The molecule has 0 aliphatic rings. The zero-order valence-corrected chi connectivity index (χ0v) is 16.1. The van der Waals surface area contributed by atoms with Gasteiger partial charge in [0.25, 0.3) is 5.91 Å². The van der Waals surface area contributed by atoms with E-state index in [0.29, 0.717) is 36.6 Å². The maximum Gasteiger partial charge on any atom is 0.252 e. The highest BCUT2D eigenvalue weighted by molar-refractivity contribution is 5.98. The summed E-state index contributed by atoms with van der Waals surface area (Å²) in [5.74, 6) is 0.967. The van der Waals surface area contributed by atoms with E-state index in [9.17, 15) is 9.59 Å². The molecule has 6 nitrogen and oxygen atoms in total. The van der Waals surface area contributed by atoms with Crippen LogP contribution in [-0.4, -0.2) is 50.1 Å². The van der Waals surface area contributed by atoms with Gasteiger partial charge in [0.2, 0.25) is 5.91 Å². The lowest BCUT2D eigenvalue weighted by Crippen LogP contribution is -2.49. The molecule has 6 heteroatoms. The van der Waals surface area contributed by atoms with Gasteiger partial charge in [0.15, 0.2) is 0 Å². The molecule has 0 saturated carbocycles. The molecule has 1 N–H and O–H groups in total. The van der Waals surface area contributed by atoms with Crippen LogP contribution in [0.15, 0.2) is 18.2 Å². The lowest BCUT2D eigenvalue weighted by Gasteiger charge is -2.27. The first-order chi connectivity index (χ1) is 11.9. The number of nitrogens with zero attached hydrogens (tertiary/aromatic N) is 1. The molecule has 1 rings (SSSR count). The maximum absolute atomic E-state index is 12.7. The summed E-state index contributed by atoms with van der Waals surface area (Å²) in [5.41, 5.74) is 0.400. The first-order valence-electron chi connectivity index (χ1n) is 8.68. The molecule has 1 aromatic rings. The van der Waals surface area contributed by atoms with E-state index in [0.717, 1.165) is 0 Å². The quantitative estimate of drug-likeness (QED) is 0.743. The highest BCUT2D eigenvalue weighted by atomic mass is 16.5. The summed E-state index contributed by atoms with van der Waals surface area (Å²) in [5, 5.41) is 2.87. The van der Waals surface area contributed by atoms with E-state index in [1.54, 1.807) is 23.1 Å². The Labute approximate surface area is 150 Å². The van der Waals surface area contributed by atoms with E-state index in [2.05, 4.69) is 5.32 Å². The molecule has 0 aliphatic heterocycles. The van der Waals surface area contributed by atoms with Crippen LogP contribution >= 0.6 is 0 Å². The molecule has 1 aromatic carbocycles. The lowest BCUT2D eigenvalue weighted by molar-refractivity contribution is -0.133. The van der Waals surface area contributed by atoms with Crippen LogP contribution in [0.2, 0.25) is 0 Å². The number of hydrogen-bond donors (Lipinski definition) is 1. The van der Waals surface area contributed by atoms with Crippen molar-refractivity contribution in [3.05, 3.63) is 23.8 Å². The number of likely N-dealkylation sites (N-methyl/N-ethyl adjacent to an activating group) is 1. The Morgan fingerprint density at radius 1 is 1.04 bits per heavy atom. The molecule has 140 valence electrons. The first kappa shape index (κ1) is 20.8. The molecule has 0 aliphatic carbocycles. The molecule has 1 atom stereocenters. The predicted molar refractivity (Wildman–Crippen MR) is 98.2 cm³/mol. The number of nitrogens with one attached hydrogen (secondary N) is 1. The summed E-state index contributed by atoms with van der Waals surface area (Å²) >= 11 is 0. The van der Waals surface area contributed by atoms with E-state index in [-0.39, 0.29) is 17.7 Å². The molecule has 2 amide bonds. The normalized spacial score (nSPS) is 11.8. The van der Waals surface area contributed by atoms with Gasteiger partial charge in [-0.1, -0.05) is 13.8 Å². The number of ether oxygens (including phenoxy) is 2. The third kappa shape index (κ3) is 5.96. The Kier molecular flexibility index (Phi) is 8.25. The predicted octanol–water partition coefficient (Wildman–Crippen LogP) is 2.72. The molecule has 25 heavy (non-hydrogen) atoms. The lowest BCUT2D eigenvalue weighted by atomic mass is 10.0. The van der Waals surface area contributed by atoms with Crippen molar-refractivity contribution in [2.24, 2.45) is 5.92 Å². The van der Waals surface area contributed by atoms with Gasteiger partial charge in [-0.15, -0.1) is 0 Å². The van der Waals surface area contributed by atoms with Crippen LogP contribution in [0.5, 0.6) is 11.5 Å². The fourth-order valence-corrected chi connectivity index (χ4v) is 2.63. The van der Waals surface area contributed by atoms with Gasteiger partial charge in [-0.2, -0.15) is 0 Å². The molecule has 0 fully saturated rings. The highest BCUT2D eigenvalue weighted by Crippen LogP contribution is 2.22. The third-order valence-corrected chi connectivity index (χ3v) is 4.00. The minimum atomic E-state index is -0.551. The van der Waals surface area contributed by atoms with Gasteiger partial charge in [0, 0.05) is 24.7 Å². The van der Waals surface area contributed by atoms with E-state index in [1.807, 2.05) is 27.7 Å². The average molecular weight is 350 g/mol. The van der Waals surface area contributed by atoms with Crippen LogP contribution in [0.25, 0.3) is 0 Å². The zero-order chi connectivity index (χ0) is 19.0. The van der Waals surface area contributed by atoms with Crippen molar-refractivity contribution in [3.8, 4) is 11.5 Å². The summed E-state index contributed by atoms with van der Waals surface area (Å²) in [7, 11) is 3.06. The van der Waals surface area contributed by atoms with Gasteiger partial charge in [-0.05, 0) is 38.3 Å². The van der Waals surface area contributed by atoms with Crippen LogP contribution in [0.4, 0.5) is 0 Å². The molecule has 0 aromatic heterocycles. The number of methoxy groups -OCH3 is 2. The van der Waals surface area contributed by atoms with Gasteiger partial charge >= 0.3 is 0 Å². The van der Waals surface area contributed by atoms with Gasteiger partial charge < -0.3 is 19.7 Å². The molecule has 0 bridgehead atoms. The fourth-order valence-electron chi connectivity index (χ4n) is 2.63. The van der Waals surface area contributed by atoms with E-state index < -0.39 is 6.04 Å². The highest BCUT2D eigenvalue weighted by Gasteiger charge is 2.26. The second-order valence-corrected chi connectivity index (χ2v) is 6.27. The number of rotatable bonds is 9. The van der Waals surface area contributed by atoms with Crippen molar-refractivity contribution in [2.75, 3.05) is 27.3 Å². The number of carbonyl (C=O) groups is 2. The molecule has 0 spiro atoms. The Morgan fingerprint density at radius 3 is 1.96 bits per heavy atom. The first-order valence-corrected chi connectivity index (χ1v) is 8.68. The standard InChI is InChI=1S/C19H30N2O4/c1-7-21(8-2)19(23)17(9-13(3)4)20-18(22)14-10-15(24-5)12-16(11-14)25-6/h10-13,17H,7-9H2,1-6H3,(H,20,22)/t17-/m1/s1. The maximum atomic E-state index is 12.7. The fraction of sp³-hybridized carbons (Fsp3) is 0.579. The summed E-state index contributed by atoms with van der Waals surface area (Å²) in [6.07, 6.45) is 0.585. The van der Waals surface area contributed by atoms with Crippen LogP contribution < -0.4 is 14.8 Å². The van der Waals surface area contributed by atoms with Crippen molar-refractivity contribution in [2.45, 2.75) is 40.2 Å². The average Bonchev–Trinajstić information content (AvgIpc) is 2.60. The molecular weight excluding hydrogens is 320 g/mol. The molecular formula is C19H30N2O4. The Hall–Kier alpha value is -2.24. The van der Waals surface area contributed by atoms with E-state index in [4.69, 9.17) is 9.47 Å². The van der Waals surface area contributed by atoms with Crippen molar-refractivity contribution in [1.29, 1.82) is 0 Å². The van der Waals surface area contributed by atoms with Crippen LogP contribution in [-0.2, 0) is 4.79 Å². The van der Waals surface area contributed by atoms with Crippen molar-refractivity contribution < 1.29 is 19.1 Å². The topological polar surface area (TPSA) is 67.9 Å². The summed E-state index contributed by atoms with van der Waals surface area (Å²) in [4.78, 5) is 27.1.